The molecule has 3 rings (SSSR count). The van der Waals surface area contributed by atoms with E-state index < -0.39 is 0 Å². The minimum absolute atomic E-state index is 0.495. The van der Waals surface area contributed by atoms with E-state index in [1.807, 2.05) is 0 Å². The highest BCUT2D eigenvalue weighted by molar-refractivity contribution is 5.88. The lowest BCUT2D eigenvalue weighted by Crippen LogP contribution is -2.35. The Labute approximate surface area is 158 Å². The van der Waals surface area contributed by atoms with Crippen LogP contribution in [0.3, 0.4) is 0 Å². The molecule has 0 bridgehead atoms. The van der Waals surface area contributed by atoms with Crippen LogP contribution in [0.1, 0.15) is 42.0 Å². The van der Waals surface area contributed by atoms with Crippen LogP contribution in [0, 0.1) is 25.7 Å². The fourth-order valence-corrected chi connectivity index (χ4v) is 4.87. The Bertz CT molecular complexity index is 818. The van der Waals surface area contributed by atoms with Gasteiger partial charge in [0.25, 0.3) is 0 Å². The summed E-state index contributed by atoms with van der Waals surface area (Å²) in [5, 5.41) is 0. The molecule has 1 heterocycles. The molecule has 0 saturated carbocycles. The maximum absolute atomic E-state index is 6.36. The number of aromatic nitrogens is 2. The van der Waals surface area contributed by atoms with Crippen molar-refractivity contribution in [3.8, 4) is 0 Å². The zero-order valence-corrected chi connectivity index (χ0v) is 17.7. The number of nitrogens with two attached hydrogens (primary N) is 1. The van der Waals surface area contributed by atoms with Gasteiger partial charge in [-0.3, -0.25) is 9.47 Å². The van der Waals surface area contributed by atoms with Crippen molar-refractivity contribution in [2.75, 3.05) is 40.5 Å². The summed E-state index contributed by atoms with van der Waals surface area (Å²) in [5.41, 5.74) is 14.4. The number of nitrogens with zero attached hydrogens (tertiary/aromatic N) is 4. The normalized spacial score (nSPS) is 23.2. The number of fused-ring (bicyclic) bond motifs is 3. The maximum Gasteiger partial charge on any atom is 0.202 e. The summed E-state index contributed by atoms with van der Waals surface area (Å²) in [6.45, 7) is 11.2. The van der Waals surface area contributed by atoms with Gasteiger partial charge in [0.05, 0.1) is 17.7 Å². The first-order valence-corrected chi connectivity index (χ1v) is 9.70. The summed E-state index contributed by atoms with van der Waals surface area (Å²) in [4.78, 5) is 9.26. The van der Waals surface area contributed by atoms with Crippen molar-refractivity contribution in [3.63, 3.8) is 0 Å². The van der Waals surface area contributed by atoms with Crippen LogP contribution in [0.2, 0.25) is 0 Å². The van der Waals surface area contributed by atoms with E-state index in [0.717, 1.165) is 25.2 Å². The van der Waals surface area contributed by atoms with Gasteiger partial charge in [-0.25, -0.2) is 4.98 Å². The van der Waals surface area contributed by atoms with Crippen molar-refractivity contribution < 1.29 is 0 Å². The second-order valence-corrected chi connectivity index (χ2v) is 8.85. The summed E-state index contributed by atoms with van der Waals surface area (Å²) in [5.74, 6) is 2.44. The Hall–Kier alpha value is -1.59. The van der Waals surface area contributed by atoms with Crippen LogP contribution >= 0.6 is 0 Å². The molecule has 0 fully saturated rings. The molecule has 1 aliphatic carbocycles. The molecule has 1 aromatic carbocycles. The van der Waals surface area contributed by atoms with Gasteiger partial charge in [-0.05, 0) is 88.5 Å². The van der Waals surface area contributed by atoms with E-state index in [1.165, 1.54) is 27.8 Å². The SMILES string of the molecule is Cc1c2c(c3c(nc(N)n3CN(C)C)c1C)C(C)C(CN(C)C)C(C)C2. The molecule has 0 amide bonds. The monoisotopic (exact) mass is 357 g/mol. The third-order valence-electron chi connectivity index (χ3n) is 6.30. The summed E-state index contributed by atoms with van der Waals surface area (Å²) >= 11 is 0. The van der Waals surface area contributed by atoms with Crippen LogP contribution in [-0.4, -0.2) is 54.1 Å². The van der Waals surface area contributed by atoms with Gasteiger partial charge in [0.1, 0.15) is 0 Å². The zero-order valence-electron chi connectivity index (χ0n) is 17.7. The highest BCUT2D eigenvalue weighted by Gasteiger charge is 2.36. The molecule has 144 valence electrons. The Kier molecular flexibility index (Phi) is 5.06. The number of hydrogen-bond donors (Lipinski definition) is 1. The van der Waals surface area contributed by atoms with Crippen LogP contribution in [0.15, 0.2) is 0 Å². The molecule has 1 aliphatic rings. The molecular formula is C21H35N5. The third-order valence-corrected chi connectivity index (χ3v) is 6.30. The Morgan fingerprint density at radius 2 is 1.73 bits per heavy atom. The Morgan fingerprint density at radius 1 is 1.08 bits per heavy atom. The zero-order chi connectivity index (χ0) is 19.3. The van der Waals surface area contributed by atoms with Crippen LogP contribution < -0.4 is 5.73 Å². The first-order valence-electron chi connectivity index (χ1n) is 9.70. The van der Waals surface area contributed by atoms with E-state index in [9.17, 15) is 0 Å². The number of imidazole rings is 1. The highest BCUT2D eigenvalue weighted by Crippen LogP contribution is 2.45. The van der Waals surface area contributed by atoms with Gasteiger partial charge >= 0.3 is 0 Å². The molecule has 0 spiro atoms. The molecule has 0 aliphatic heterocycles. The van der Waals surface area contributed by atoms with E-state index in [1.54, 1.807) is 0 Å². The third kappa shape index (κ3) is 3.01. The average molecular weight is 358 g/mol. The van der Waals surface area contributed by atoms with Gasteiger partial charge in [-0.2, -0.15) is 0 Å². The van der Waals surface area contributed by atoms with E-state index in [-0.39, 0.29) is 0 Å². The highest BCUT2D eigenvalue weighted by atomic mass is 15.3. The molecule has 3 unspecified atom stereocenters. The van der Waals surface area contributed by atoms with Gasteiger partial charge in [0.15, 0.2) is 0 Å². The molecule has 1 aromatic heterocycles. The van der Waals surface area contributed by atoms with Gasteiger partial charge in [0.2, 0.25) is 5.95 Å². The first-order chi connectivity index (χ1) is 12.1. The van der Waals surface area contributed by atoms with Crippen molar-refractivity contribution in [2.45, 2.75) is 46.7 Å². The van der Waals surface area contributed by atoms with Crippen molar-refractivity contribution in [2.24, 2.45) is 11.8 Å². The maximum atomic E-state index is 6.36. The van der Waals surface area contributed by atoms with Crippen molar-refractivity contribution in [3.05, 3.63) is 22.3 Å². The van der Waals surface area contributed by atoms with Crippen molar-refractivity contribution >= 4 is 17.0 Å². The fraction of sp³-hybridized carbons (Fsp3) is 0.667. The fourth-order valence-electron chi connectivity index (χ4n) is 4.87. The van der Waals surface area contributed by atoms with Crippen molar-refractivity contribution in [1.29, 1.82) is 0 Å². The summed E-state index contributed by atoms with van der Waals surface area (Å²) in [7, 11) is 8.52. The molecule has 3 atom stereocenters. The molecule has 0 saturated heterocycles. The average Bonchev–Trinajstić information content (AvgIpc) is 2.85. The molecule has 2 aromatic rings. The number of benzene rings is 1. The van der Waals surface area contributed by atoms with Crippen LogP contribution in [0.4, 0.5) is 5.95 Å². The lowest BCUT2D eigenvalue weighted by Gasteiger charge is -2.39. The van der Waals surface area contributed by atoms with Crippen LogP contribution in [0.25, 0.3) is 11.0 Å². The number of anilines is 1. The van der Waals surface area contributed by atoms with E-state index in [2.05, 4.69) is 70.3 Å². The lowest BCUT2D eigenvalue weighted by molar-refractivity contribution is 0.215. The largest absolute Gasteiger partial charge is 0.369 e. The van der Waals surface area contributed by atoms with E-state index in [0.29, 0.717) is 23.7 Å². The number of hydrogen-bond acceptors (Lipinski definition) is 4. The quantitative estimate of drug-likeness (QED) is 0.913. The van der Waals surface area contributed by atoms with Gasteiger partial charge in [-0.1, -0.05) is 13.8 Å². The number of aryl methyl sites for hydroxylation is 1. The van der Waals surface area contributed by atoms with Crippen LogP contribution in [0.5, 0.6) is 0 Å². The molecular weight excluding hydrogens is 322 g/mol. The van der Waals surface area contributed by atoms with Gasteiger partial charge in [0, 0.05) is 6.54 Å². The molecule has 5 nitrogen and oxygen atoms in total. The summed E-state index contributed by atoms with van der Waals surface area (Å²) in [6.07, 6.45) is 1.15. The Morgan fingerprint density at radius 3 is 2.31 bits per heavy atom. The minimum Gasteiger partial charge on any atom is -0.369 e. The minimum atomic E-state index is 0.495. The van der Waals surface area contributed by atoms with E-state index >= 15 is 0 Å². The number of nitrogen functional groups attached to an aromatic ring is 1. The van der Waals surface area contributed by atoms with Gasteiger partial charge in [-0.15, -0.1) is 0 Å². The molecule has 0 radical (unpaired) electrons. The van der Waals surface area contributed by atoms with Gasteiger partial charge < -0.3 is 10.6 Å². The van der Waals surface area contributed by atoms with Crippen LogP contribution in [-0.2, 0) is 13.1 Å². The first kappa shape index (κ1) is 19.2. The molecule has 5 heteroatoms. The Balaban J connectivity index is 2.30. The standard InChI is InChI=1S/C21H35N5/c1-12-9-16-13(2)14(3)19-20(26(11-25(7)8)21(22)23-19)18(16)15(4)17(12)10-24(5)6/h12,15,17H,9-11H2,1-8H3,(H2,22,23). The molecule has 26 heavy (non-hydrogen) atoms. The lowest BCUT2D eigenvalue weighted by atomic mass is 9.68. The number of rotatable bonds is 4. The predicted molar refractivity (Wildman–Crippen MR) is 111 cm³/mol. The topological polar surface area (TPSA) is 50.3 Å². The smallest absolute Gasteiger partial charge is 0.202 e. The van der Waals surface area contributed by atoms with E-state index in [4.69, 9.17) is 10.7 Å². The summed E-state index contributed by atoms with van der Waals surface area (Å²) in [6, 6.07) is 0. The second kappa shape index (κ2) is 6.86. The second-order valence-electron chi connectivity index (χ2n) is 8.85. The molecule has 2 N–H and O–H groups in total. The predicted octanol–water partition coefficient (Wildman–Crippen LogP) is 3.23. The summed E-state index contributed by atoms with van der Waals surface area (Å²) < 4.78 is 2.21. The van der Waals surface area contributed by atoms with Crippen molar-refractivity contribution in [1.82, 2.24) is 19.4 Å².